The normalized spacial score (nSPS) is 12.6. The molecule has 0 saturated heterocycles. The van der Waals surface area contributed by atoms with Crippen LogP contribution in [0.1, 0.15) is 69.9 Å². The number of halogens is 3. The summed E-state index contributed by atoms with van der Waals surface area (Å²) in [6, 6.07) is 2.11. The lowest BCUT2D eigenvalue weighted by Gasteiger charge is -2.17. The van der Waals surface area contributed by atoms with E-state index in [2.05, 4.69) is 12.2 Å². The van der Waals surface area contributed by atoms with Crippen LogP contribution in [0.15, 0.2) is 12.1 Å². The molecule has 4 heteroatoms. The van der Waals surface area contributed by atoms with Crippen molar-refractivity contribution in [1.29, 1.82) is 0 Å². The lowest BCUT2D eigenvalue weighted by Crippen LogP contribution is -2.18. The Labute approximate surface area is 132 Å². The van der Waals surface area contributed by atoms with Gasteiger partial charge < -0.3 is 5.32 Å². The molecule has 0 aliphatic carbocycles. The SMILES string of the molecule is CCCCCCCCCC(NC)c1cc(F)c(Cl)cc1F. The molecule has 1 nitrogen and oxygen atoms in total. The fourth-order valence-electron chi connectivity index (χ4n) is 2.57. The first-order valence-electron chi connectivity index (χ1n) is 7.91. The van der Waals surface area contributed by atoms with Crippen LogP contribution in [0.25, 0.3) is 0 Å². The highest BCUT2D eigenvalue weighted by Gasteiger charge is 2.16. The van der Waals surface area contributed by atoms with E-state index >= 15 is 0 Å². The molecule has 1 rings (SSSR count). The van der Waals surface area contributed by atoms with Crippen molar-refractivity contribution in [1.82, 2.24) is 5.32 Å². The van der Waals surface area contributed by atoms with E-state index in [1.165, 1.54) is 38.2 Å². The third-order valence-electron chi connectivity index (χ3n) is 3.86. The summed E-state index contributed by atoms with van der Waals surface area (Å²) in [5, 5.41) is 2.90. The molecule has 0 amide bonds. The van der Waals surface area contributed by atoms with Crippen LogP contribution < -0.4 is 5.32 Å². The summed E-state index contributed by atoms with van der Waals surface area (Å²) >= 11 is 5.59. The molecular weight excluding hydrogens is 292 g/mol. The predicted octanol–water partition coefficient (Wildman–Crippen LogP) is 6.02. The van der Waals surface area contributed by atoms with Crippen molar-refractivity contribution in [2.75, 3.05) is 7.05 Å². The predicted molar refractivity (Wildman–Crippen MR) is 85.8 cm³/mol. The van der Waals surface area contributed by atoms with E-state index in [-0.39, 0.29) is 11.1 Å². The summed E-state index contributed by atoms with van der Waals surface area (Å²) < 4.78 is 27.4. The van der Waals surface area contributed by atoms with Gasteiger partial charge in [-0.3, -0.25) is 0 Å². The van der Waals surface area contributed by atoms with E-state index in [4.69, 9.17) is 11.6 Å². The van der Waals surface area contributed by atoms with Gasteiger partial charge in [0.2, 0.25) is 0 Å². The van der Waals surface area contributed by atoms with Crippen LogP contribution in [0.5, 0.6) is 0 Å². The van der Waals surface area contributed by atoms with Gasteiger partial charge in [0, 0.05) is 11.6 Å². The fraction of sp³-hybridized carbons (Fsp3) is 0.647. The maximum absolute atomic E-state index is 13.9. The zero-order valence-corrected chi connectivity index (χ0v) is 13.8. The fourth-order valence-corrected chi connectivity index (χ4v) is 2.72. The second-order valence-electron chi connectivity index (χ2n) is 5.54. The molecule has 120 valence electrons. The highest BCUT2D eigenvalue weighted by atomic mass is 35.5. The molecule has 0 heterocycles. The first kappa shape index (κ1) is 18.4. The molecule has 1 aromatic carbocycles. The van der Waals surface area contributed by atoms with Crippen molar-refractivity contribution >= 4 is 11.6 Å². The minimum atomic E-state index is -0.562. The summed E-state index contributed by atoms with van der Waals surface area (Å²) in [4.78, 5) is 0. The molecule has 0 spiro atoms. The van der Waals surface area contributed by atoms with Crippen molar-refractivity contribution < 1.29 is 8.78 Å². The lowest BCUT2D eigenvalue weighted by atomic mass is 9.99. The van der Waals surface area contributed by atoms with Crippen LogP contribution in [-0.2, 0) is 0 Å². The minimum absolute atomic E-state index is 0.160. The first-order valence-corrected chi connectivity index (χ1v) is 8.29. The Morgan fingerprint density at radius 2 is 1.62 bits per heavy atom. The van der Waals surface area contributed by atoms with Gasteiger partial charge in [0.15, 0.2) is 0 Å². The topological polar surface area (TPSA) is 12.0 Å². The summed E-state index contributed by atoms with van der Waals surface area (Å²) in [6.45, 7) is 2.21. The van der Waals surface area contributed by atoms with Crippen molar-refractivity contribution in [3.05, 3.63) is 34.4 Å². The monoisotopic (exact) mass is 317 g/mol. The summed E-state index contributed by atoms with van der Waals surface area (Å²) in [5.41, 5.74) is 0.366. The van der Waals surface area contributed by atoms with Crippen LogP contribution in [0.4, 0.5) is 8.78 Å². The number of unbranched alkanes of at least 4 members (excludes halogenated alkanes) is 6. The third kappa shape index (κ3) is 6.31. The average molecular weight is 318 g/mol. The van der Waals surface area contributed by atoms with Crippen molar-refractivity contribution in [2.24, 2.45) is 0 Å². The second kappa shape index (κ2) is 10.1. The number of hydrogen-bond donors (Lipinski definition) is 1. The van der Waals surface area contributed by atoms with Gasteiger partial charge in [-0.05, 0) is 25.6 Å². The van der Waals surface area contributed by atoms with Crippen molar-refractivity contribution in [2.45, 2.75) is 64.3 Å². The van der Waals surface area contributed by atoms with E-state index in [0.717, 1.165) is 25.3 Å². The quantitative estimate of drug-likeness (QED) is 0.411. The molecule has 1 N–H and O–H groups in total. The Bertz CT molecular complexity index is 423. The smallest absolute Gasteiger partial charge is 0.142 e. The Kier molecular flexibility index (Phi) is 8.86. The third-order valence-corrected chi connectivity index (χ3v) is 4.15. The second-order valence-corrected chi connectivity index (χ2v) is 5.95. The lowest BCUT2D eigenvalue weighted by molar-refractivity contribution is 0.471. The highest BCUT2D eigenvalue weighted by molar-refractivity contribution is 6.30. The van der Waals surface area contributed by atoms with Gasteiger partial charge in [-0.2, -0.15) is 0 Å². The molecule has 0 saturated carbocycles. The largest absolute Gasteiger partial charge is 0.313 e. The molecule has 1 unspecified atom stereocenters. The molecule has 1 atom stereocenters. The van der Waals surface area contributed by atoms with Crippen molar-refractivity contribution in [3.63, 3.8) is 0 Å². The molecule has 1 aromatic rings. The Morgan fingerprint density at radius 1 is 1.00 bits per heavy atom. The van der Waals surface area contributed by atoms with Crippen LogP contribution in [0, 0.1) is 11.6 Å². The molecule has 0 bridgehead atoms. The zero-order valence-electron chi connectivity index (χ0n) is 13.0. The van der Waals surface area contributed by atoms with Crippen molar-refractivity contribution in [3.8, 4) is 0 Å². The molecule has 21 heavy (non-hydrogen) atoms. The van der Waals surface area contributed by atoms with E-state index in [9.17, 15) is 8.78 Å². The first-order chi connectivity index (χ1) is 10.1. The van der Waals surface area contributed by atoms with Gasteiger partial charge in [0.05, 0.1) is 5.02 Å². The number of hydrogen-bond acceptors (Lipinski definition) is 1. The summed E-state index contributed by atoms with van der Waals surface area (Å²) in [5.74, 6) is -1.00. The van der Waals surface area contributed by atoms with E-state index < -0.39 is 11.6 Å². The van der Waals surface area contributed by atoms with E-state index in [1.807, 2.05) is 0 Å². The molecule has 0 fully saturated rings. The average Bonchev–Trinajstić information content (AvgIpc) is 2.46. The zero-order chi connectivity index (χ0) is 15.7. The van der Waals surface area contributed by atoms with Crippen LogP contribution in [-0.4, -0.2) is 7.05 Å². The Hall–Kier alpha value is -0.670. The molecular formula is C17H26ClF2N. The highest BCUT2D eigenvalue weighted by Crippen LogP contribution is 2.27. The molecule has 0 radical (unpaired) electrons. The Balaban J connectivity index is 2.43. The molecule has 0 aliphatic rings. The van der Waals surface area contributed by atoms with Gasteiger partial charge in [0.25, 0.3) is 0 Å². The number of benzene rings is 1. The maximum Gasteiger partial charge on any atom is 0.142 e. The maximum atomic E-state index is 13.9. The van der Waals surface area contributed by atoms with Crippen LogP contribution in [0.2, 0.25) is 5.02 Å². The van der Waals surface area contributed by atoms with Crippen LogP contribution >= 0.6 is 11.6 Å². The van der Waals surface area contributed by atoms with E-state index in [0.29, 0.717) is 5.56 Å². The van der Waals surface area contributed by atoms with Gasteiger partial charge in [0.1, 0.15) is 11.6 Å². The number of nitrogens with one attached hydrogen (secondary N) is 1. The summed E-state index contributed by atoms with van der Waals surface area (Å²) in [7, 11) is 1.78. The molecule has 0 aliphatic heterocycles. The molecule has 0 aromatic heterocycles. The Morgan fingerprint density at radius 3 is 2.24 bits per heavy atom. The van der Waals surface area contributed by atoms with Crippen LogP contribution in [0.3, 0.4) is 0 Å². The van der Waals surface area contributed by atoms with Gasteiger partial charge in [-0.15, -0.1) is 0 Å². The summed E-state index contributed by atoms with van der Waals surface area (Å²) in [6.07, 6.45) is 9.29. The number of rotatable bonds is 10. The minimum Gasteiger partial charge on any atom is -0.313 e. The van der Waals surface area contributed by atoms with E-state index in [1.54, 1.807) is 7.05 Å². The van der Waals surface area contributed by atoms with Gasteiger partial charge in [-0.25, -0.2) is 8.78 Å². The van der Waals surface area contributed by atoms with Gasteiger partial charge >= 0.3 is 0 Å². The standard InChI is InChI=1S/C17H26ClF2N/c1-3-4-5-6-7-8-9-10-17(21-2)13-11-16(20)14(18)12-15(13)19/h11-12,17,21H,3-10H2,1-2H3. The van der Waals surface area contributed by atoms with Gasteiger partial charge in [-0.1, -0.05) is 63.5 Å².